The monoisotopic (exact) mass is 171 g/mol. The van der Waals surface area contributed by atoms with Crippen LogP contribution in [0.25, 0.3) is 0 Å². The Morgan fingerprint density at radius 2 is 2.00 bits per heavy atom. The van der Waals surface area contributed by atoms with Crippen molar-refractivity contribution >= 4 is 0 Å². The molecule has 0 saturated heterocycles. The Morgan fingerprint density at radius 1 is 1.50 bits per heavy atom. The molecule has 1 fully saturated rings. The average molecular weight is 171 g/mol. The molecule has 0 spiro atoms. The van der Waals surface area contributed by atoms with Crippen molar-refractivity contribution in [3.8, 4) is 0 Å². The largest absolute Gasteiger partial charge is 0.371 e. The Balaban J connectivity index is 2.62. The van der Waals surface area contributed by atoms with E-state index in [0.29, 0.717) is 12.0 Å². The summed E-state index contributed by atoms with van der Waals surface area (Å²) in [6.07, 6.45) is 2.79. The molecule has 0 aromatic rings. The summed E-state index contributed by atoms with van der Waals surface area (Å²) in [4.78, 5) is 0. The zero-order chi connectivity index (χ0) is 9.41. The molecule has 0 heterocycles. The van der Waals surface area contributed by atoms with Crippen molar-refractivity contribution in [2.75, 3.05) is 6.54 Å². The van der Waals surface area contributed by atoms with E-state index in [9.17, 15) is 0 Å². The number of hydrogen-bond donors (Lipinski definition) is 1. The lowest BCUT2D eigenvalue weighted by Crippen LogP contribution is -2.46. The van der Waals surface area contributed by atoms with Gasteiger partial charge in [0.1, 0.15) is 0 Å². The van der Waals surface area contributed by atoms with Crippen LogP contribution in [0.5, 0.6) is 0 Å². The Bertz CT molecular complexity index is 163. The summed E-state index contributed by atoms with van der Waals surface area (Å²) in [6.45, 7) is 9.17. The lowest BCUT2D eigenvalue weighted by atomic mass is 9.87. The van der Waals surface area contributed by atoms with Crippen molar-refractivity contribution in [1.29, 1.82) is 0 Å². The summed E-state index contributed by atoms with van der Waals surface area (Å²) in [6, 6.07) is 0. The van der Waals surface area contributed by atoms with Crippen LogP contribution in [0.3, 0.4) is 0 Å². The highest BCUT2D eigenvalue weighted by Crippen LogP contribution is 2.55. The first-order valence-corrected chi connectivity index (χ1v) is 4.81. The van der Waals surface area contributed by atoms with E-state index in [0.717, 1.165) is 0 Å². The lowest BCUT2D eigenvalue weighted by molar-refractivity contribution is -0.103. The third-order valence-electron chi connectivity index (χ3n) is 3.16. The van der Waals surface area contributed by atoms with Crippen molar-refractivity contribution in [2.45, 2.75) is 52.2 Å². The molecule has 0 radical (unpaired) electrons. The first-order valence-electron chi connectivity index (χ1n) is 4.81. The summed E-state index contributed by atoms with van der Waals surface area (Å²) in [7, 11) is 0. The van der Waals surface area contributed by atoms with E-state index in [4.69, 9.17) is 10.5 Å². The minimum atomic E-state index is -0.110. The van der Waals surface area contributed by atoms with Gasteiger partial charge in [0, 0.05) is 6.54 Å². The van der Waals surface area contributed by atoms with Gasteiger partial charge in [0.25, 0.3) is 0 Å². The molecular formula is C10H21NO. The maximum atomic E-state index is 5.89. The zero-order valence-electron chi connectivity index (χ0n) is 8.68. The van der Waals surface area contributed by atoms with Gasteiger partial charge in [-0.15, -0.1) is 0 Å². The highest BCUT2D eigenvalue weighted by Gasteiger charge is 2.53. The van der Waals surface area contributed by atoms with Crippen LogP contribution in [0.4, 0.5) is 0 Å². The van der Waals surface area contributed by atoms with Crippen LogP contribution in [-0.4, -0.2) is 18.2 Å². The van der Waals surface area contributed by atoms with Crippen LogP contribution in [0.1, 0.15) is 40.5 Å². The second-order valence-corrected chi connectivity index (χ2v) is 4.66. The second-order valence-electron chi connectivity index (χ2n) is 4.66. The molecule has 0 bridgehead atoms. The molecule has 0 aliphatic heterocycles. The van der Waals surface area contributed by atoms with Crippen molar-refractivity contribution < 1.29 is 4.74 Å². The fourth-order valence-electron chi connectivity index (χ4n) is 1.67. The summed E-state index contributed by atoms with van der Waals surface area (Å²) >= 11 is 0. The van der Waals surface area contributed by atoms with E-state index < -0.39 is 0 Å². The van der Waals surface area contributed by atoms with Gasteiger partial charge in [0.05, 0.1) is 11.7 Å². The topological polar surface area (TPSA) is 35.2 Å². The summed E-state index contributed by atoms with van der Waals surface area (Å²) < 4.78 is 5.89. The van der Waals surface area contributed by atoms with Crippen molar-refractivity contribution in [3.05, 3.63) is 0 Å². The van der Waals surface area contributed by atoms with Gasteiger partial charge < -0.3 is 10.5 Å². The highest BCUT2D eigenvalue weighted by atomic mass is 16.5. The Hall–Kier alpha value is -0.0800. The molecule has 1 saturated carbocycles. The van der Waals surface area contributed by atoms with Crippen molar-refractivity contribution in [2.24, 2.45) is 11.1 Å². The van der Waals surface area contributed by atoms with Gasteiger partial charge in [0.15, 0.2) is 0 Å². The Morgan fingerprint density at radius 3 is 2.25 bits per heavy atom. The number of nitrogens with two attached hydrogens (primary N) is 1. The lowest BCUT2D eigenvalue weighted by Gasteiger charge is -2.36. The molecule has 1 atom stereocenters. The fraction of sp³-hybridized carbons (Fsp3) is 1.00. The first-order chi connectivity index (χ1) is 5.43. The number of hydrogen-bond acceptors (Lipinski definition) is 2. The normalized spacial score (nSPS) is 25.5. The molecule has 72 valence electrons. The molecule has 1 aliphatic rings. The molecule has 1 rings (SSSR count). The predicted octanol–water partition coefficient (Wildman–Crippen LogP) is 1.93. The van der Waals surface area contributed by atoms with Crippen LogP contribution in [0.2, 0.25) is 0 Å². The van der Waals surface area contributed by atoms with Crippen LogP contribution < -0.4 is 5.73 Å². The van der Waals surface area contributed by atoms with Crippen molar-refractivity contribution in [1.82, 2.24) is 0 Å². The van der Waals surface area contributed by atoms with Gasteiger partial charge in [0.2, 0.25) is 0 Å². The average Bonchev–Trinajstić information content (AvgIpc) is 2.68. The first kappa shape index (κ1) is 10.0. The maximum absolute atomic E-state index is 5.89. The van der Waals surface area contributed by atoms with Crippen LogP contribution in [-0.2, 0) is 4.74 Å². The molecule has 0 aromatic carbocycles. The van der Waals surface area contributed by atoms with E-state index in [1.165, 1.54) is 12.8 Å². The zero-order valence-corrected chi connectivity index (χ0v) is 8.68. The van der Waals surface area contributed by atoms with E-state index >= 15 is 0 Å². The third-order valence-corrected chi connectivity index (χ3v) is 3.16. The highest BCUT2D eigenvalue weighted by molar-refractivity contribution is 5.05. The molecule has 0 amide bonds. The summed E-state index contributed by atoms with van der Waals surface area (Å²) in [5, 5.41) is 0. The Labute approximate surface area is 75.5 Å². The minimum Gasteiger partial charge on any atom is -0.371 e. The summed E-state index contributed by atoms with van der Waals surface area (Å²) in [5.41, 5.74) is 5.99. The third kappa shape index (κ3) is 1.64. The molecule has 1 unspecified atom stereocenters. The Kier molecular flexibility index (Phi) is 2.50. The van der Waals surface area contributed by atoms with Gasteiger partial charge in [-0.3, -0.25) is 0 Å². The smallest absolute Gasteiger partial charge is 0.0832 e. The van der Waals surface area contributed by atoms with E-state index in [2.05, 4.69) is 27.7 Å². The molecule has 2 nitrogen and oxygen atoms in total. The maximum Gasteiger partial charge on any atom is 0.0832 e. The van der Waals surface area contributed by atoms with Gasteiger partial charge in [-0.1, -0.05) is 6.92 Å². The predicted molar refractivity (Wildman–Crippen MR) is 51.0 cm³/mol. The molecule has 0 aromatic heterocycles. The molecule has 2 heteroatoms. The summed E-state index contributed by atoms with van der Waals surface area (Å²) in [5.74, 6) is 0. The molecular weight excluding hydrogens is 150 g/mol. The quantitative estimate of drug-likeness (QED) is 0.701. The van der Waals surface area contributed by atoms with Crippen LogP contribution in [0, 0.1) is 5.41 Å². The number of ether oxygens (including phenoxy) is 1. The van der Waals surface area contributed by atoms with Crippen molar-refractivity contribution in [3.63, 3.8) is 0 Å². The molecule has 1 aliphatic carbocycles. The molecule has 2 N–H and O–H groups in total. The standard InChI is InChI=1S/C10H21NO/c1-8(2)12-10(4,7-11)9(3)5-6-9/h8H,5-7,11H2,1-4H3. The van der Waals surface area contributed by atoms with Gasteiger partial charge >= 0.3 is 0 Å². The minimum absolute atomic E-state index is 0.110. The van der Waals surface area contributed by atoms with Gasteiger partial charge in [-0.2, -0.15) is 0 Å². The number of rotatable bonds is 4. The van der Waals surface area contributed by atoms with E-state index in [-0.39, 0.29) is 11.7 Å². The van der Waals surface area contributed by atoms with Gasteiger partial charge in [-0.05, 0) is 39.0 Å². The van der Waals surface area contributed by atoms with Gasteiger partial charge in [-0.25, -0.2) is 0 Å². The van der Waals surface area contributed by atoms with Crippen LogP contribution >= 0.6 is 0 Å². The SMILES string of the molecule is CC(C)OC(C)(CN)C1(C)CC1. The molecule has 12 heavy (non-hydrogen) atoms. The van der Waals surface area contributed by atoms with E-state index in [1.54, 1.807) is 0 Å². The van der Waals surface area contributed by atoms with Crippen LogP contribution in [0.15, 0.2) is 0 Å². The fourth-order valence-corrected chi connectivity index (χ4v) is 1.67. The second kappa shape index (κ2) is 3.00. The van der Waals surface area contributed by atoms with E-state index in [1.807, 2.05) is 0 Å².